The van der Waals surface area contributed by atoms with Gasteiger partial charge in [-0.3, -0.25) is 0 Å². The van der Waals surface area contributed by atoms with Crippen LogP contribution in [0, 0.1) is 0 Å². The summed E-state index contributed by atoms with van der Waals surface area (Å²) in [5, 5.41) is 0. The van der Waals surface area contributed by atoms with Gasteiger partial charge in [0.15, 0.2) is 0 Å². The summed E-state index contributed by atoms with van der Waals surface area (Å²) in [5.41, 5.74) is 3.19. The van der Waals surface area contributed by atoms with E-state index in [-0.39, 0.29) is 0 Å². The van der Waals surface area contributed by atoms with E-state index in [0.29, 0.717) is 6.54 Å². The molecule has 3 nitrogen and oxygen atoms in total. The van der Waals surface area contributed by atoms with Gasteiger partial charge < -0.3 is 4.57 Å². The third-order valence-electron chi connectivity index (χ3n) is 3.24. The zero-order chi connectivity index (χ0) is 14.3. The maximum atomic E-state index is 4.62. The smallest absolute Gasteiger partial charge is 0.225 e. The summed E-state index contributed by atoms with van der Waals surface area (Å²) < 4.78 is 2.07. The van der Waals surface area contributed by atoms with Crippen LogP contribution in [0.25, 0.3) is 0 Å². The molecule has 1 heterocycles. The Morgan fingerprint density at radius 3 is 2.19 bits per heavy atom. The van der Waals surface area contributed by atoms with E-state index < -0.39 is 0 Å². The van der Waals surface area contributed by atoms with E-state index >= 15 is 0 Å². The van der Waals surface area contributed by atoms with Gasteiger partial charge in [0.05, 0.1) is 13.1 Å². The molecule has 0 saturated heterocycles. The molecule has 0 N–H and O–H groups in total. The number of aromatic nitrogens is 2. The summed E-state index contributed by atoms with van der Waals surface area (Å²) in [6.45, 7) is 1.43. The Balaban J connectivity index is 1.86. The largest absolute Gasteiger partial charge is 0.313 e. The standard InChI is InChI=1S/C18H17N3/c1-3-8-16(9-4-1)14-20-18-19-12-7-13-21(18)15-17-10-5-2-6-11-17/h1-13H,14-15H2. The minimum Gasteiger partial charge on any atom is -0.313 e. The molecule has 2 aromatic carbocycles. The Hall–Kier alpha value is -2.68. The van der Waals surface area contributed by atoms with Crippen LogP contribution in [0.5, 0.6) is 0 Å². The second kappa shape index (κ2) is 6.66. The second-order valence-corrected chi connectivity index (χ2v) is 4.84. The fraction of sp³-hybridized carbons (Fsp3) is 0.111. The quantitative estimate of drug-likeness (QED) is 0.720. The summed E-state index contributed by atoms with van der Waals surface area (Å²) in [4.78, 5) is 9.01. The van der Waals surface area contributed by atoms with Gasteiger partial charge in [-0.15, -0.1) is 0 Å². The summed E-state index contributed by atoms with van der Waals surface area (Å²) in [5.74, 6) is 0. The van der Waals surface area contributed by atoms with E-state index in [0.717, 1.165) is 12.2 Å². The van der Waals surface area contributed by atoms with Crippen LogP contribution in [0.4, 0.5) is 0 Å². The van der Waals surface area contributed by atoms with Crippen molar-refractivity contribution in [2.24, 2.45) is 4.99 Å². The van der Waals surface area contributed by atoms with Crippen LogP contribution in [0.1, 0.15) is 11.1 Å². The third-order valence-corrected chi connectivity index (χ3v) is 3.24. The summed E-state index contributed by atoms with van der Waals surface area (Å²) in [7, 11) is 0. The van der Waals surface area contributed by atoms with Crippen LogP contribution < -0.4 is 5.62 Å². The molecule has 0 aliphatic carbocycles. The summed E-state index contributed by atoms with van der Waals surface area (Å²) in [6, 6.07) is 22.5. The number of rotatable bonds is 4. The van der Waals surface area contributed by atoms with Crippen molar-refractivity contribution in [3.8, 4) is 0 Å². The van der Waals surface area contributed by atoms with Gasteiger partial charge >= 0.3 is 0 Å². The molecule has 3 heteroatoms. The van der Waals surface area contributed by atoms with E-state index in [9.17, 15) is 0 Å². The molecule has 0 unspecified atom stereocenters. The van der Waals surface area contributed by atoms with Crippen LogP contribution >= 0.6 is 0 Å². The Morgan fingerprint density at radius 1 is 0.810 bits per heavy atom. The topological polar surface area (TPSA) is 30.2 Å². The fourth-order valence-corrected chi connectivity index (χ4v) is 2.17. The average Bonchev–Trinajstić information content (AvgIpc) is 2.56. The molecule has 3 rings (SSSR count). The van der Waals surface area contributed by atoms with Crippen LogP contribution in [0.2, 0.25) is 0 Å². The first-order valence-corrected chi connectivity index (χ1v) is 7.01. The summed E-state index contributed by atoms with van der Waals surface area (Å²) >= 11 is 0. The molecular weight excluding hydrogens is 258 g/mol. The monoisotopic (exact) mass is 275 g/mol. The number of hydrogen-bond donors (Lipinski definition) is 0. The highest BCUT2D eigenvalue weighted by Gasteiger charge is 1.96. The van der Waals surface area contributed by atoms with Gasteiger partial charge in [0.1, 0.15) is 0 Å². The molecule has 0 saturated carbocycles. The molecule has 0 aliphatic rings. The SMILES string of the molecule is c1ccc(CN=c2ncccn2Cc2ccccc2)cc1. The molecule has 21 heavy (non-hydrogen) atoms. The lowest BCUT2D eigenvalue weighted by atomic mass is 10.2. The Kier molecular flexibility index (Phi) is 4.22. The molecule has 1 aromatic heterocycles. The van der Waals surface area contributed by atoms with Gasteiger partial charge in [0.25, 0.3) is 0 Å². The molecule has 0 amide bonds. The van der Waals surface area contributed by atoms with Crippen LogP contribution in [-0.4, -0.2) is 9.55 Å². The average molecular weight is 275 g/mol. The van der Waals surface area contributed by atoms with E-state index in [4.69, 9.17) is 0 Å². The third kappa shape index (κ3) is 3.66. The van der Waals surface area contributed by atoms with E-state index in [1.165, 1.54) is 11.1 Å². The molecule has 0 spiro atoms. The minimum atomic E-state index is 0.645. The highest BCUT2D eigenvalue weighted by atomic mass is 15.1. The van der Waals surface area contributed by atoms with Gasteiger partial charge in [0, 0.05) is 12.4 Å². The van der Waals surface area contributed by atoms with Crippen molar-refractivity contribution in [2.45, 2.75) is 13.1 Å². The fourth-order valence-electron chi connectivity index (χ4n) is 2.17. The second-order valence-electron chi connectivity index (χ2n) is 4.84. The zero-order valence-corrected chi connectivity index (χ0v) is 11.8. The first kappa shape index (κ1) is 13.3. The lowest BCUT2D eigenvalue weighted by molar-refractivity contribution is 0.689. The predicted octanol–water partition coefficient (Wildman–Crippen LogP) is 3.03. The van der Waals surface area contributed by atoms with E-state index in [1.54, 1.807) is 6.20 Å². The van der Waals surface area contributed by atoms with Crippen LogP contribution in [0.15, 0.2) is 84.1 Å². The van der Waals surface area contributed by atoms with Crippen molar-refractivity contribution < 1.29 is 0 Å². The Bertz CT molecular complexity index is 746. The van der Waals surface area contributed by atoms with Gasteiger partial charge in [-0.25, -0.2) is 9.98 Å². The van der Waals surface area contributed by atoms with Gasteiger partial charge in [-0.05, 0) is 17.2 Å². The van der Waals surface area contributed by atoms with Gasteiger partial charge in [0.2, 0.25) is 5.62 Å². The first-order chi connectivity index (χ1) is 10.4. The lowest BCUT2D eigenvalue weighted by Crippen LogP contribution is -2.24. The molecule has 0 atom stereocenters. The molecule has 0 fully saturated rings. The van der Waals surface area contributed by atoms with Gasteiger partial charge in [-0.2, -0.15) is 0 Å². The zero-order valence-electron chi connectivity index (χ0n) is 11.8. The van der Waals surface area contributed by atoms with Crippen molar-refractivity contribution in [3.05, 3.63) is 95.9 Å². The molecule has 104 valence electrons. The minimum absolute atomic E-state index is 0.645. The maximum Gasteiger partial charge on any atom is 0.225 e. The first-order valence-electron chi connectivity index (χ1n) is 7.01. The molecule has 0 bridgehead atoms. The van der Waals surface area contributed by atoms with Crippen molar-refractivity contribution in [1.29, 1.82) is 0 Å². The van der Waals surface area contributed by atoms with Crippen molar-refractivity contribution >= 4 is 0 Å². The van der Waals surface area contributed by atoms with Gasteiger partial charge in [-0.1, -0.05) is 60.7 Å². The highest BCUT2D eigenvalue weighted by molar-refractivity contribution is 5.15. The molecule has 0 radical (unpaired) electrons. The summed E-state index contributed by atoms with van der Waals surface area (Å²) in [6.07, 6.45) is 3.80. The van der Waals surface area contributed by atoms with E-state index in [2.05, 4.69) is 38.8 Å². The number of hydrogen-bond acceptors (Lipinski definition) is 2. The number of nitrogens with zero attached hydrogens (tertiary/aromatic N) is 3. The molecule has 3 aromatic rings. The molecule has 0 aliphatic heterocycles. The normalized spacial score (nSPS) is 11.5. The van der Waals surface area contributed by atoms with Crippen LogP contribution in [-0.2, 0) is 13.1 Å². The molecular formula is C18H17N3. The predicted molar refractivity (Wildman–Crippen MR) is 83.5 cm³/mol. The van der Waals surface area contributed by atoms with Crippen molar-refractivity contribution in [2.75, 3.05) is 0 Å². The van der Waals surface area contributed by atoms with E-state index in [1.807, 2.05) is 48.7 Å². The lowest BCUT2D eigenvalue weighted by Gasteiger charge is -2.06. The Labute approximate surface area is 124 Å². The number of benzene rings is 2. The maximum absolute atomic E-state index is 4.62. The Morgan fingerprint density at radius 2 is 1.48 bits per heavy atom. The van der Waals surface area contributed by atoms with Crippen molar-refractivity contribution in [3.63, 3.8) is 0 Å². The highest BCUT2D eigenvalue weighted by Crippen LogP contribution is 2.01. The van der Waals surface area contributed by atoms with Crippen molar-refractivity contribution in [1.82, 2.24) is 9.55 Å². The van der Waals surface area contributed by atoms with Crippen LogP contribution in [0.3, 0.4) is 0 Å².